The second kappa shape index (κ2) is 8.74. The number of thiazole rings is 1. The van der Waals surface area contributed by atoms with Crippen LogP contribution in [0.2, 0.25) is 0 Å². The summed E-state index contributed by atoms with van der Waals surface area (Å²) < 4.78 is 2.83. The van der Waals surface area contributed by atoms with E-state index in [1.54, 1.807) is 17.5 Å². The zero-order valence-electron chi connectivity index (χ0n) is 13.3. The van der Waals surface area contributed by atoms with Crippen LogP contribution in [0.5, 0.6) is 0 Å². The van der Waals surface area contributed by atoms with Gasteiger partial charge >= 0.3 is 166 Å². The van der Waals surface area contributed by atoms with E-state index in [9.17, 15) is 4.79 Å². The van der Waals surface area contributed by atoms with E-state index in [0.717, 1.165) is 36.8 Å². The average Bonchev–Trinajstić information content (AvgIpc) is 3.04. The number of rotatable bonds is 7. The SMILES string of the molecule is O=C(O)Cc1cc([AsH]c2nc(CCc3ccccc3)cs2)ncc1Br. The van der Waals surface area contributed by atoms with Crippen LogP contribution in [0.1, 0.15) is 16.8 Å². The number of aromatic nitrogens is 2. The van der Waals surface area contributed by atoms with Crippen LogP contribution >= 0.6 is 27.3 Å². The number of nitrogens with zero attached hydrogens (tertiary/aromatic N) is 2. The van der Waals surface area contributed by atoms with Crippen molar-refractivity contribution in [3.63, 3.8) is 0 Å². The van der Waals surface area contributed by atoms with Gasteiger partial charge < -0.3 is 0 Å². The standard InChI is InChI=1S/C18H16AsBrN2O2S/c20-15-10-21-16(8-13(15)9-17(23)24)19-18-22-14(11-25-18)7-6-12-4-2-1-3-5-12/h1-5,8,10-11,19H,6-7,9H2,(H,23,24). The molecule has 0 aliphatic heterocycles. The van der Waals surface area contributed by atoms with Gasteiger partial charge in [-0.05, 0) is 0 Å². The van der Waals surface area contributed by atoms with Gasteiger partial charge in [0.2, 0.25) is 0 Å². The molecule has 2 heterocycles. The van der Waals surface area contributed by atoms with E-state index in [-0.39, 0.29) is 6.42 Å². The Morgan fingerprint density at radius 1 is 1.24 bits per heavy atom. The van der Waals surface area contributed by atoms with Gasteiger partial charge in [-0.25, -0.2) is 0 Å². The molecule has 0 spiro atoms. The Morgan fingerprint density at radius 2 is 2.04 bits per heavy atom. The molecule has 0 fully saturated rings. The van der Waals surface area contributed by atoms with Crippen molar-refractivity contribution in [2.24, 2.45) is 0 Å². The Bertz CT molecular complexity index is 871. The fourth-order valence-corrected chi connectivity index (χ4v) is 6.31. The Kier molecular flexibility index (Phi) is 6.40. The first-order valence-electron chi connectivity index (χ1n) is 7.72. The van der Waals surface area contributed by atoms with Crippen LogP contribution in [0.25, 0.3) is 0 Å². The van der Waals surface area contributed by atoms with Crippen LogP contribution in [0.4, 0.5) is 0 Å². The fraction of sp³-hybridized carbons (Fsp3) is 0.167. The van der Waals surface area contributed by atoms with E-state index >= 15 is 0 Å². The number of aliphatic carboxylic acids is 1. The van der Waals surface area contributed by atoms with Crippen LogP contribution in [0.15, 0.2) is 52.4 Å². The molecule has 4 nitrogen and oxygen atoms in total. The van der Waals surface area contributed by atoms with Crippen molar-refractivity contribution in [2.45, 2.75) is 19.3 Å². The van der Waals surface area contributed by atoms with Gasteiger partial charge in [-0.1, -0.05) is 0 Å². The molecular weight excluding hydrogens is 463 g/mol. The van der Waals surface area contributed by atoms with Gasteiger partial charge in [-0.2, -0.15) is 0 Å². The fourth-order valence-electron chi connectivity index (χ4n) is 2.35. The molecular formula is C18H16AsBrN2O2S. The summed E-state index contributed by atoms with van der Waals surface area (Å²) in [6.07, 6.45) is 3.62. The van der Waals surface area contributed by atoms with E-state index in [1.165, 1.54) is 5.56 Å². The maximum atomic E-state index is 10.9. The first-order valence-corrected chi connectivity index (χ1v) is 11.5. The number of benzene rings is 1. The minimum atomic E-state index is -0.838. The normalized spacial score (nSPS) is 11.2. The van der Waals surface area contributed by atoms with Crippen molar-refractivity contribution in [1.82, 2.24) is 9.97 Å². The molecule has 25 heavy (non-hydrogen) atoms. The Labute approximate surface area is 165 Å². The summed E-state index contributed by atoms with van der Waals surface area (Å²) >= 11 is 4.40. The molecule has 3 rings (SSSR count). The van der Waals surface area contributed by atoms with Gasteiger partial charge in [0.05, 0.1) is 0 Å². The van der Waals surface area contributed by atoms with Gasteiger partial charge in [0, 0.05) is 0 Å². The zero-order chi connectivity index (χ0) is 17.6. The number of pyridine rings is 1. The molecule has 0 bridgehead atoms. The molecule has 1 N–H and O–H groups in total. The number of halogens is 1. The van der Waals surface area contributed by atoms with Crippen molar-refractivity contribution in [3.05, 3.63) is 69.3 Å². The molecule has 0 aliphatic carbocycles. The Morgan fingerprint density at radius 3 is 2.80 bits per heavy atom. The predicted octanol–water partition coefficient (Wildman–Crippen LogP) is 2.10. The van der Waals surface area contributed by atoms with Crippen LogP contribution < -0.4 is 8.28 Å². The minimum absolute atomic E-state index is 0.00244. The number of hydrogen-bond donors (Lipinski definition) is 1. The number of carboxylic acids is 1. The van der Waals surface area contributed by atoms with Crippen molar-refractivity contribution in [3.8, 4) is 0 Å². The van der Waals surface area contributed by atoms with Gasteiger partial charge in [0.15, 0.2) is 0 Å². The van der Waals surface area contributed by atoms with Crippen molar-refractivity contribution in [1.29, 1.82) is 0 Å². The average molecular weight is 479 g/mol. The maximum absolute atomic E-state index is 10.9. The molecule has 128 valence electrons. The van der Waals surface area contributed by atoms with Gasteiger partial charge in [-0.3, -0.25) is 0 Å². The molecule has 1 atom stereocenters. The van der Waals surface area contributed by atoms with Crippen molar-refractivity contribution in [2.75, 3.05) is 0 Å². The van der Waals surface area contributed by atoms with Gasteiger partial charge in [-0.15, -0.1) is 0 Å². The molecule has 1 unspecified atom stereocenters. The number of hydrogen-bond acceptors (Lipinski definition) is 4. The molecule has 0 aliphatic rings. The first-order chi connectivity index (χ1) is 12.1. The van der Waals surface area contributed by atoms with E-state index in [0.29, 0.717) is 0 Å². The topological polar surface area (TPSA) is 63.1 Å². The zero-order valence-corrected chi connectivity index (χ0v) is 17.8. The number of carboxylic acid groups (broad SMARTS) is 1. The summed E-state index contributed by atoms with van der Waals surface area (Å²) in [6.45, 7) is 0. The molecule has 0 saturated carbocycles. The van der Waals surface area contributed by atoms with Crippen molar-refractivity contribution < 1.29 is 9.90 Å². The monoisotopic (exact) mass is 478 g/mol. The van der Waals surface area contributed by atoms with E-state index in [4.69, 9.17) is 10.1 Å². The molecule has 0 radical (unpaired) electrons. The Balaban J connectivity index is 1.64. The van der Waals surface area contributed by atoms with Crippen LogP contribution in [-0.4, -0.2) is 36.8 Å². The second-order valence-electron chi connectivity index (χ2n) is 5.49. The number of aryl methyl sites for hydroxylation is 2. The summed E-state index contributed by atoms with van der Waals surface area (Å²) in [4.78, 5) is 20.1. The molecule has 3 aromatic rings. The van der Waals surface area contributed by atoms with E-state index in [1.807, 2.05) is 12.1 Å². The van der Waals surface area contributed by atoms with Gasteiger partial charge in [0.25, 0.3) is 0 Å². The summed E-state index contributed by atoms with van der Waals surface area (Å²) in [6, 6.07) is 12.3. The summed E-state index contributed by atoms with van der Waals surface area (Å²) in [5, 5.41) is 11.1. The second-order valence-corrected chi connectivity index (χ2v) is 10.6. The third kappa shape index (κ3) is 5.49. The summed E-state index contributed by atoms with van der Waals surface area (Å²) in [5.41, 5.74) is 3.21. The van der Waals surface area contributed by atoms with Crippen LogP contribution in [0, 0.1) is 0 Å². The third-order valence-electron chi connectivity index (χ3n) is 3.58. The number of carbonyl (C=O) groups is 1. The third-order valence-corrected chi connectivity index (χ3v) is 8.06. The molecule has 0 amide bonds. The summed E-state index contributed by atoms with van der Waals surface area (Å²) in [5.74, 6) is -0.838. The molecule has 1 aromatic carbocycles. The van der Waals surface area contributed by atoms with E-state index in [2.05, 4.69) is 50.6 Å². The quantitative estimate of drug-likeness (QED) is 0.528. The van der Waals surface area contributed by atoms with Crippen LogP contribution in [-0.2, 0) is 24.1 Å². The van der Waals surface area contributed by atoms with Gasteiger partial charge in [0.1, 0.15) is 0 Å². The molecule has 7 heteroatoms. The molecule has 0 saturated heterocycles. The summed E-state index contributed by atoms with van der Waals surface area (Å²) in [7, 11) is 0. The Hall–Kier alpha value is -1.49. The predicted molar refractivity (Wildman–Crippen MR) is 106 cm³/mol. The van der Waals surface area contributed by atoms with E-state index < -0.39 is 21.7 Å². The van der Waals surface area contributed by atoms with Crippen molar-refractivity contribution >= 4 is 57.3 Å². The first kappa shape index (κ1) is 18.3. The molecule has 2 aromatic heterocycles. The van der Waals surface area contributed by atoms with Crippen LogP contribution in [0.3, 0.4) is 0 Å².